The molecule has 0 aliphatic carbocycles. The summed E-state index contributed by atoms with van der Waals surface area (Å²) in [6.45, 7) is 0. The first-order chi connectivity index (χ1) is 9.87. The number of aromatic hydroxyl groups is 1. The Labute approximate surface area is 120 Å². The number of benzene rings is 2. The van der Waals surface area contributed by atoms with Gasteiger partial charge >= 0.3 is 0 Å². The van der Waals surface area contributed by atoms with Crippen LogP contribution in [0.25, 0.3) is 0 Å². The van der Waals surface area contributed by atoms with Crippen LogP contribution in [0.4, 0.5) is 8.78 Å². The van der Waals surface area contributed by atoms with Crippen molar-refractivity contribution in [2.24, 2.45) is 0 Å². The van der Waals surface area contributed by atoms with E-state index in [9.17, 15) is 22.3 Å². The van der Waals surface area contributed by atoms with Crippen molar-refractivity contribution < 1.29 is 27.0 Å². The molecule has 2 aromatic rings. The minimum atomic E-state index is -4.14. The fraction of sp³-hybridized carbons (Fsp3) is 0.143. The quantitative estimate of drug-likeness (QED) is 0.941. The average molecular weight is 314 g/mol. The lowest BCUT2D eigenvalue weighted by molar-refractivity contribution is 0.147. The summed E-state index contributed by atoms with van der Waals surface area (Å²) in [6.07, 6.45) is -3.05. The number of methoxy groups -OCH3 is 1. The second-order valence-corrected chi connectivity index (χ2v) is 6.10. The zero-order chi connectivity index (χ0) is 15.6. The molecule has 0 radical (unpaired) electrons. The summed E-state index contributed by atoms with van der Waals surface area (Å²) >= 11 is 0. The number of hydrogen-bond acceptors (Lipinski definition) is 4. The molecule has 0 aliphatic rings. The highest BCUT2D eigenvalue weighted by Crippen LogP contribution is 2.38. The topological polar surface area (TPSA) is 63.6 Å². The highest BCUT2D eigenvalue weighted by Gasteiger charge is 2.27. The van der Waals surface area contributed by atoms with E-state index in [4.69, 9.17) is 4.74 Å². The van der Waals surface area contributed by atoms with Crippen LogP contribution in [0.3, 0.4) is 0 Å². The smallest absolute Gasteiger partial charge is 0.265 e. The lowest BCUT2D eigenvalue weighted by Gasteiger charge is -2.13. The Kier molecular flexibility index (Phi) is 4.13. The van der Waals surface area contributed by atoms with Crippen LogP contribution in [0.2, 0.25) is 0 Å². The van der Waals surface area contributed by atoms with Gasteiger partial charge in [0.2, 0.25) is 9.84 Å². The van der Waals surface area contributed by atoms with Gasteiger partial charge in [-0.3, -0.25) is 0 Å². The number of phenolic OH excluding ortho intramolecular Hbond substituents is 1. The van der Waals surface area contributed by atoms with E-state index in [1.54, 1.807) is 6.07 Å². The molecule has 21 heavy (non-hydrogen) atoms. The van der Waals surface area contributed by atoms with Crippen molar-refractivity contribution in [2.45, 2.75) is 16.2 Å². The van der Waals surface area contributed by atoms with Gasteiger partial charge in [-0.15, -0.1) is 0 Å². The van der Waals surface area contributed by atoms with Gasteiger partial charge in [0.25, 0.3) is 6.43 Å². The summed E-state index contributed by atoms with van der Waals surface area (Å²) in [4.78, 5) is -0.696. The number of phenols is 1. The molecule has 0 atom stereocenters. The predicted molar refractivity (Wildman–Crippen MR) is 71.5 cm³/mol. The molecular weight excluding hydrogens is 302 g/mol. The molecule has 2 aromatic carbocycles. The van der Waals surface area contributed by atoms with Gasteiger partial charge in [0.15, 0.2) is 11.5 Å². The van der Waals surface area contributed by atoms with Crippen LogP contribution < -0.4 is 4.74 Å². The van der Waals surface area contributed by atoms with Crippen molar-refractivity contribution in [3.63, 3.8) is 0 Å². The van der Waals surface area contributed by atoms with Crippen molar-refractivity contribution in [2.75, 3.05) is 7.11 Å². The van der Waals surface area contributed by atoms with Gasteiger partial charge in [0.05, 0.1) is 16.9 Å². The molecule has 0 amide bonds. The van der Waals surface area contributed by atoms with Gasteiger partial charge in [-0.2, -0.15) is 0 Å². The summed E-state index contributed by atoms with van der Waals surface area (Å²) in [5.74, 6) is -0.728. The number of halogens is 2. The Morgan fingerprint density at radius 3 is 2.29 bits per heavy atom. The Balaban J connectivity index is 2.73. The molecule has 0 fully saturated rings. The van der Waals surface area contributed by atoms with E-state index in [1.165, 1.54) is 31.4 Å². The third kappa shape index (κ3) is 2.82. The normalized spacial score (nSPS) is 11.6. The summed E-state index contributed by atoms with van der Waals surface area (Å²) in [5, 5.41) is 9.55. The molecule has 0 bridgehead atoms. The maximum Gasteiger partial charge on any atom is 0.265 e. The average Bonchev–Trinajstić information content (AvgIpc) is 2.47. The zero-order valence-corrected chi connectivity index (χ0v) is 11.8. The van der Waals surface area contributed by atoms with Gasteiger partial charge < -0.3 is 9.84 Å². The lowest BCUT2D eigenvalue weighted by Crippen LogP contribution is -2.06. The molecule has 1 N–H and O–H groups in total. The van der Waals surface area contributed by atoms with Gasteiger partial charge in [-0.05, 0) is 18.2 Å². The van der Waals surface area contributed by atoms with Crippen LogP contribution >= 0.6 is 0 Å². The highest BCUT2D eigenvalue weighted by atomic mass is 32.2. The van der Waals surface area contributed by atoms with Gasteiger partial charge in [-0.25, -0.2) is 17.2 Å². The van der Waals surface area contributed by atoms with E-state index in [0.29, 0.717) is 6.07 Å². The summed E-state index contributed by atoms with van der Waals surface area (Å²) in [6, 6.07) is 8.83. The number of rotatable bonds is 4. The first-order valence-corrected chi connectivity index (χ1v) is 7.35. The molecular formula is C14H12F2O4S. The Morgan fingerprint density at radius 2 is 1.76 bits per heavy atom. The second-order valence-electron chi connectivity index (χ2n) is 4.18. The molecule has 0 unspecified atom stereocenters. The van der Waals surface area contributed by atoms with Crippen molar-refractivity contribution in [1.82, 2.24) is 0 Å². The largest absolute Gasteiger partial charge is 0.504 e. The van der Waals surface area contributed by atoms with Crippen molar-refractivity contribution >= 4 is 9.84 Å². The van der Waals surface area contributed by atoms with E-state index < -0.39 is 32.5 Å². The Bertz CT molecular complexity index is 743. The van der Waals surface area contributed by atoms with Crippen LogP contribution in [0.5, 0.6) is 11.5 Å². The summed E-state index contributed by atoms with van der Waals surface area (Å²) < 4.78 is 55.9. The van der Waals surface area contributed by atoms with E-state index in [-0.39, 0.29) is 10.6 Å². The molecule has 0 aromatic heterocycles. The fourth-order valence-electron chi connectivity index (χ4n) is 1.86. The zero-order valence-electron chi connectivity index (χ0n) is 11.0. The fourth-order valence-corrected chi connectivity index (χ4v) is 3.35. The number of alkyl halides is 2. The van der Waals surface area contributed by atoms with Crippen LogP contribution in [-0.2, 0) is 9.84 Å². The molecule has 4 nitrogen and oxygen atoms in total. The predicted octanol–water partition coefficient (Wildman–Crippen LogP) is 3.17. The molecule has 0 heterocycles. The minimum Gasteiger partial charge on any atom is -0.504 e. The third-order valence-corrected chi connectivity index (χ3v) is 4.71. The first kappa shape index (κ1) is 15.2. The van der Waals surface area contributed by atoms with Gasteiger partial charge in [-0.1, -0.05) is 18.2 Å². The molecule has 0 saturated carbocycles. The summed E-state index contributed by atoms with van der Waals surface area (Å²) in [5.41, 5.74) is -0.767. The van der Waals surface area contributed by atoms with E-state index in [0.717, 1.165) is 6.07 Å². The van der Waals surface area contributed by atoms with Crippen LogP contribution in [0, 0.1) is 0 Å². The van der Waals surface area contributed by atoms with Crippen LogP contribution in [0.15, 0.2) is 52.3 Å². The standard InChI is InChI=1S/C14H12F2O4S/c1-20-12-8-13(10(14(15)16)7-11(12)17)21(18,19)9-5-3-2-4-6-9/h2-8,14,17H,1H3. The Hall–Kier alpha value is -2.15. The van der Waals surface area contributed by atoms with Crippen molar-refractivity contribution in [1.29, 1.82) is 0 Å². The van der Waals surface area contributed by atoms with Crippen LogP contribution in [-0.4, -0.2) is 20.6 Å². The molecule has 112 valence electrons. The van der Waals surface area contributed by atoms with E-state index >= 15 is 0 Å². The SMILES string of the molecule is COc1cc(S(=O)(=O)c2ccccc2)c(C(F)F)cc1O. The van der Waals surface area contributed by atoms with E-state index in [2.05, 4.69) is 0 Å². The third-order valence-electron chi connectivity index (χ3n) is 2.89. The molecule has 0 spiro atoms. The highest BCUT2D eigenvalue weighted by molar-refractivity contribution is 7.91. The maximum atomic E-state index is 13.1. The number of sulfone groups is 1. The monoisotopic (exact) mass is 314 g/mol. The number of ether oxygens (including phenoxy) is 1. The Morgan fingerprint density at radius 1 is 1.14 bits per heavy atom. The van der Waals surface area contributed by atoms with E-state index in [1.807, 2.05) is 0 Å². The summed E-state index contributed by atoms with van der Waals surface area (Å²) in [7, 11) is -2.93. The molecule has 2 rings (SSSR count). The molecule has 0 saturated heterocycles. The molecule has 7 heteroatoms. The second kappa shape index (κ2) is 5.69. The molecule has 0 aliphatic heterocycles. The van der Waals surface area contributed by atoms with Crippen molar-refractivity contribution in [3.8, 4) is 11.5 Å². The lowest BCUT2D eigenvalue weighted by atomic mass is 10.2. The first-order valence-electron chi connectivity index (χ1n) is 5.87. The van der Waals surface area contributed by atoms with Gasteiger partial charge in [0, 0.05) is 11.6 Å². The maximum absolute atomic E-state index is 13.1. The number of hydrogen-bond donors (Lipinski definition) is 1. The van der Waals surface area contributed by atoms with Crippen molar-refractivity contribution in [3.05, 3.63) is 48.0 Å². The van der Waals surface area contributed by atoms with Crippen LogP contribution in [0.1, 0.15) is 12.0 Å². The minimum absolute atomic E-state index is 0.111. The van der Waals surface area contributed by atoms with Gasteiger partial charge in [0.1, 0.15) is 0 Å².